The molecule has 2 saturated heterocycles. The van der Waals surface area contributed by atoms with Crippen LogP contribution in [-0.2, 0) is 44.1 Å². The summed E-state index contributed by atoms with van der Waals surface area (Å²) in [6.07, 6.45) is 12.2. The Morgan fingerprint density at radius 3 is 2.02 bits per heavy atom. The van der Waals surface area contributed by atoms with Crippen LogP contribution in [0.25, 0.3) is 32.6 Å². The minimum atomic E-state index is -4.75. The first-order valence-electron chi connectivity index (χ1n) is 28.9. The number of benzene rings is 2. The van der Waals surface area contributed by atoms with E-state index >= 15 is 0 Å². The van der Waals surface area contributed by atoms with E-state index in [1.807, 2.05) is 91.2 Å². The Kier molecular flexibility index (Phi) is 22.1. The third-order valence-electron chi connectivity index (χ3n) is 15.8. The third-order valence-corrected chi connectivity index (χ3v) is 16.8. The molecule has 3 aromatic heterocycles. The average Bonchev–Trinajstić information content (AvgIpc) is 4.21. The number of ether oxygens (including phenoxy) is 1. The normalized spacial score (nSPS) is 16.6. The molecule has 7 rings (SSSR count). The number of aliphatic hydroxyl groups excluding tert-OH is 1. The lowest BCUT2D eigenvalue weighted by Crippen LogP contribution is -2.57. The number of hydrogen-bond acceptors (Lipinski definition) is 10. The molecule has 2 aromatic carbocycles. The number of nitrogens with zero attached hydrogens (tertiary/aromatic N) is 6. The number of amides is 4. The number of rotatable bonds is 27. The number of thiazole rings is 1. The number of imidazole rings is 1. The van der Waals surface area contributed by atoms with Gasteiger partial charge in [0.2, 0.25) is 23.6 Å². The maximum Gasteiger partial charge on any atom is 0.522 e. The number of aryl methyl sites for hydroxylation is 3. The molecular weight excluding hydrogens is 1050 g/mol. The summed E-state index contributed by atoms with van der Waals surface area (Å²) in [4.78, 5) is 79.9. The van der Waals surface area contributed by atoms with Gasteiger partial charge in [-0.15, -0.1) is 24.5 Å². The maximum atomic E-state index is 14.0. The van der Waals surface area contributed by atoms with Crippen LogP contribution in [0.5, 0.6) is 0 Å². The predicted molar refractivity (Wildman–Crippen MR) is 307 cm³/mol. The number of hydrogen-bond donors (Lipinski definition) is 3. The van der Waals surface area contributed by atoms with Crippen molar-refractivity contribution in [1.29, 1.82) is 0 Å². The molecule has 15 nitrogen and oxygen atoms in total. The van der Waals surface area contributed by atoms with Crippen LogP contribution in [0.4, 0.5) is 13.2 Å². The number of alkyl halides is 3. The van der Waals surface area contributed by atoms with E-state index in [9.17, 15) is 42.3 Å². The molecule has 80 heavy (non-hydrogen) atoms. The van der Waals surface area contributed by atoms with Crippen LogP contribution in [0.3, 0.4) is 0 Å². The molecular formula is C61H83F3N8O7S. The highest BCUT2D eigenvalue weighted by Crippen LogP contribution is 2.34. The molecule has 0 bridgehead atoms. The van der Waals surface area contributed by atoms with E-state index in [-0.39, 0.29) is 61.2 Å². The number of aliphatic hydroxyl groups is 1. The second kappa shape index (κ2) is 28.7. The molecule has 0 unspecified atom stereocenters. The fraction of sp³-hybridized carbons (Fsp3) is 0.590. The summed E-state index contributed by atoms with van der Waals surface area (Å²) in [7, 11) is 1.69. The first kappa shape index (κ1) is 61.7. The van der Waals surface area contributed by atoms with E-state index in [1.165, 1.54) is 35.2 Å². The van der Waals surface area contributed by atoms with Crippen molar-refractivity contribution in [2.24, 2.45) is 12.5 Å². The lowest BCUT2D eigenvalue weighted by atomic mass is 9.85. The minimum absolute atomic E-state index is 0.0287. The molecule has 3 atom stereocenters. The Bertz CT molecular complexity index is 2900. The molecule has 2 aliphatic rings. The van der Waals surface area contributed by atoms with Crippen molar-refractivity contribution in [2.45, 2.75) is 194 Å². The topological polar surface area (TPSA) is 181 Å². The van der Waals surface area contributed by atoms with E-state index in [2.05, 4.69) is 20.4 Å². The van der Waals surface area contributed by atoms with E-state index < -0.39 is 36.6 Å². The van der Waals surface area contributed by atoms with Gasteiger partial charge in [-0.25, -0.2) is 9.97 Å². The molecule has 436 valence electrons. The van der Waals surface area contributed by atoms with Crippen LogP contribution >= 0.6 is 11.3 Å². The van der Waals surface area contributed by atoms with Crippen molar-refractivity contribution in [3.63, 3.8) is 0 Å². The third kappa shape index (κ3) is 17.3. The minimum Gasteiger partial charge on any atom is -0.391 e. The smallest absolute Gasteiger partial charge is 0.391 e. The SMILES string of the molecule is Cc1ncsc1-c1ccc(CNC(=O)[C@@H]2C[C@@H](O)CN2C(=O)[C@H](NC(=O)CCCCCCCCCCCCCCCC(=O)N2CCC(c3nc4ccc(-c5cc(C)c(=O)n(C)c5)cc4n3CCOC(F)(F)F)CC2)C(C)(C)C)cc1. The number of halogens is 3. The van der Waals surface area contributed by atoms with Gasteiger partial charge in [-0.2, -0.15) is 0 Å². The predicted octanol–water partition coefficient (Wildman–Crippen LogP) is 11.0. The van der Waals surface area contributed by atoms with Crippen LogP contribution in [0.15, 0.2) is 65.0 Å². The van der Waals surface area contributed by atoms with Crippen LogP contribution < -0.4 is 16.2 Å². The summed E-state index contributed by atoms with van der Waals surface area (Å²) in [5, 5.41) is 16.5. The number of piperidine rings is 1. The average molecular weight is 1130 g/mol. The fourth-order valence-electron chi connectivity index (χ4n) is 11.2. The number of nitrogens with one attached hydrogen (secondary N) is 2. The maximum absolute atomic E-state index is 14.0. The number of unbranched alkanes of at least 4 members (excludes halogenated alkanes) is 12. The Hall–Kier alpha value is -5.92. The molecule has 0 aliphatic carbocycles. The van der Waals surface area contributed by atoms with Gasteiger partial charge in [-0.3, -0.25) is 28.7 Å². The van der Waals surface area contributed by atoms with E-state index in [1.54, 1.807) is 31.5 Å². The van der Waals surface area contributed by atoms with Crippen molar-refractivity contribution in [3.05, 3.63) is 93.2 Å². The zero-order valence-electron chi connectivity index (χ0n) is 47.7. The highest BCUT2D eigenvalue weighted by Gasteiger charge is 2.44. The number of pyridine rings is 1. The van der Waals surface area contributed by atoms with Crippen molar-refractivity contribution >= 4 is 46.0 Å². The standard InChI is InChI=1S/C61H83F3N8O7S/c1-41-34-47(38-69(6)58(41)77)46-26-27-49-50(35-46)71(32-33-79-61(62,63)64)56(67-49)45-28-30-70(31-29-45)53(75)21-19-17-15-13-11-9-7-8-10-12-14-16-18-20-52(74)68-55(60(3,4)5)59(78)72-39-48(73)36-51(72)57(76)65-37-43-22-24-44(25-23-43)54-42(2)66-40-80-54/h22-27,34-35,38,40,45,48,51,55,73H,7-21,28-33,36-37,39H2,1-6H3,(H,65,76)(H,68,74)/t48-,51+,55+/m1/s1. The van der Waals surface area contributed by atoms with Gasteiger partial charge in [0.25, 0.3) is 5.56 Å². The number of carbonyl (C=O) groups excluding carboxylic acids is 4. The zero-order valence-corrected chi connectivity index (χ0v) is 48.5. The van der Waals surface area contributed by atoms with Gasteiger partial charge in [-0.05, 0) is 85.4 Å². The molecule has 0 radical (unpaired) electrons. The van der Waals surface area contributed by atoms with Crippen molar-refractivity contribution in [2.75, 3.05) is 26.2 Å². The lowest BCUT2D eigenvalue weighted by molar-refractivity contribution is -0.325. The first-order chi connectivity index (χ1) is 38.2. The molecule has 0 saturated carbocycles. The first-order valence-corrected chi connectivity index (χ1v) is 29.8. The molecule has 5 heterocycles. The quantitative estimate of drug-likeness (QED) is 0.0431. The van der Waals surface area contributed by atoms with E-state index in [0.717, 1.165) is 90.6 Å². The Balaban J connectivity index is 0.726. The highest BCUT2D eigenvalue weighted by atomic mass is 32.1. The lowest BCUT2D eigenvalue weighted by Gasteiger charge is -2.35. The number of carbonyl (C=O) groups is 4. The summed E-state index contributed by atoms with van der Waals surface area (Å²) in [5.41, 5.74) is 7.63. The molecule has 2 fully saturated rings. The Morgan fingerprint density at radius 2 is 1.44 bits per heavy atom. The van der Waals surface area contributed by atoms with Crippen LogP contribution in [-0.4, -0.2) is 108 Å². The summed E-state index contributed by atoms with van der Waals surface area (Å²) < 4.78 is 46.7. The number of fused-ring (bicyclic) bond motifs is 1. The van der Waals surface area contributed by atoms with Crippen molar-refractivity contribution in [3.8, 4) is 21.6 Å². The number of β-amino-alcohol motifs (C(OH)–C–C–N with tert-alkyl or cyclic N) is 1. The molecule has 2 aliphatic heterocycles. The van der Waals surface area contributed by atoms with Gasteiger partial charge in [0, 0.05) is 76.7 Å². The van der Waals surface area contributed by atoms with E-state index in [0.29, 0.717) is 61.2 Å². The molecule has 3 N–H and O–H groups in total. The summed E-state index contributed by atoms with van der Waals surface area (Å²) >= 11 is 1.58. The summed E-state index contributed by atoms with van der Waals surface area (Å²) in [6.45, 7) is 10.3. The molecule has 19 heteroatoms. The summed E-state index contributed by atoms with van der Waals surface area (Å²) in [6, 6.07) is 13.7. The molecule has 4 amide bonds. The number of aromatic nitrogens is 4. The second-order valence-corrected chi connectivity index (χ2v) is 24.0. The van der Waals surface area contributed by atoms with Gasteiger partial charge < -0.3 is 34.7 Å². The fourth-order valence-corrected chi connectivity index (χ4v) is 12.0. The van der Waals surface area contributed by atoms with Crippen LogP contribution in [0.1, 0.15) is 165 Å². The molecule has 5 aromatic rings. The van der Waals surface area contributed by atoms with Crippen LogP contribution in [0.2, 0.25) is 0 Å². The Morgan fingerprint density at radius 1 is 0.825 bits per heavy atom. The van der Waals surface area contributed by atoms with Crippen molar-refractivity contribution in [1.82, 2.24) is 39.5 Å². The van der Waals surface area contributed by atoms with Gasteiger partial charge in [0.05, 0.1) is 39.8 Å². The highest BCUT2D eigenvalue weighted by molar-refractivity contribution is 7.13. The largest absolute Gasteiger partial charge is 0.522 e. The zero-order chi connectivity index (χ0) is 57.6. The van der Waals surface area contributed by atoms with E-state index in [4.69, 9.17) is 4.98 Å². The van der Waals surface area contributed by atoms with Gasteiger partial charge in [0.15, 0.2) is 0 Å². The number of likely N-dealkylation sites (tertiary alicyclic amines) is 2. The van der Waals surface area contributed by atoms with Gasteiger partial charge in [-0.1, -0.05) is 122 Å². The monoisotopic (exact) mass is 1130 g/mol. The van der Waals surface area contributed by atoms with Crippen LogP contribution in [0, 0.1) is 19.3 Å². The van der Waals surface area contributed by atoms with Gasteiger partial charge in [0.1, 0.15) is 17.9 Å². The Labute approximate surface area is 473 Å². The van der Waals surface area contributed by atoms with Crippen molar-refractivity contribution < 1.29 is 42.2 Å². The molecule has 0 spiro atoms. The van der Waals surface area contributed by atoms with Gasteiger partial charge >= 0.3 is 6.36 Å². The summed E-state index contributed by atoms with van der Waals surface area (Å²) in [5.74, 6) is -0.0767. The second-order valence-electron chi connectivity index (χ2n) is 23.1.